The molecule has 112 valence electrons. The van der Waals surface area contributed by atoms with E-state index in [9.17, 15) is 0 Å². The van der Waals surface area contributed by atoms with E-state index in [1.54, 1.807) is 26.4 Å². The van der Waals surface area contributed by atoms with E-state index in [0.717, 1.165) is 11.1 Å². The van der Waals surface area contributed by atoms with Crippen LogP contribution < -0.4 is 20.7 Å². The van der Waals surface area contributed by atoms with Gasteiger partial charge in [0.15, 0.2) is 11.5 Å². The highest BCUT2D eigenvalue weighted by Crippen LogP contribution is 2.38. The van der Waals surface area contributed by atoms with Crippen LogP contribution in [-0.4, -0.2) is 14.2 Å². The highest BCUT2D eigenvalue weighted by Gasteiger charge is 2.18. The van der Waals surface area contributed by atoms with E-state index in [1.165, 1.54) is 0 Å². The summed E-state index contributed by atoms with van der Waals surface area (Å²) < 4.78 is 10.5. The lowest BCUT2D eigenvalue weighted by molar-refractivity contribution is 0.354. The van der Waals surface area contributed by atoms with Gasteiger partial charge in [0, 0.05) is 5.02 Å². The molecule has 0 aliphatic rings. The van der Waals surface area contributed by atoms with Gasteiger partial charge in [0.1, 0.15) is 0 Å². The Morgan fingerprint density at radius 2 is 1.81 bits per heavy atom. The highest BCUT2D eigenvalue weighted by atomic mass is 35.5. The molecule has 4 nitrogen and oxygen atoms in total. The smallest absolute Gasteiger partial charge is 0.179 e. The molecule has 21 heavy (non-hydrogen) atoms. The number of ether oxygens (including phenoxy) is 2. The van der Waals surface area contributed by atoms with Crippen molar-refractivity contribution in [3.8, 4) is 11.5 Å². The van der Waals surface area contributed by atoms with Crippen LogP contribution in [0.1, 0.15) is 17.2 Å². The van der Waals surface area contributed by atoms with Crippen LogP contribution in [0.3, 0.4) is 0 Å². The van der Waals surface area contributed by atoms with Gasteiger partial charge in [0.05, 0.1) is 25.3 Å². The second-order valence-corrected chi connectivity index (χ2v) is 5.24. The predicted molar refractivity (Wildman–Crippen MR) is 85.2 cm³/mol. The first-order valence-corrected chi connectivity index (χ1v) is 6.99. The van der Waals surface area contributed by atoms with Gasteiger partial charge in [0.25, 0.3) is 0 Å². The van der Waals surface area contributed by atoms with Gasteiger partial charge in [0.2, 0.25) is 0 Å². The van der Waals surface area contributed by atoms with E-state index in [4.69, 9.17) is 38.5 Å². The van der Waals surface area contributed by atoms with Crippen molar-refractivity contribution < 1.29 is 9.47 Å². The Bertz CT molecular complexity index is 635. The van der Waals surface area contributed by atoms with Gasteiger partial charge >= 0.3 is 0 Å². The molecule has 2 aromatic rings. The molecule has 0 fully saturated rings. The molecule has 0 aliphatic heterocycles. The molecule has 0 radical (unpaired) electrons. The zero-order valence-corrected chi connectivity index (χ0v) is 13.2. The van der Waals surface area contributed by atoms with E-state index in [1.807, 2.05) is 24.3 Å². The number of methoxy groups -OCH3 is 2. The summed E-state index contributed by atoms with van der Waals surface area (Å²) in [4.78, 5) is 0. The lowest BCUT2D eigenvalue weighted by Gasteiger charge is -2.19. The topological polar surface area (TPSA) is 56.5 Å². The normalized spacial score (nSPS) is 12.0. The first-order valence-electron chi connectivity index (χ1n) is 6.23. The number of hydrogen-bond donors (Lipinski definition) is 2. The molecule has 1 unspecified atom stereocenters. The largest absolute Gasteiger partial charge is 0.493 e. The molecule has 0 saturated heterocycles. The molecule has 0 amide bonds. The summed E-state index contributed by atoms with van der Waals surface area (Å²) >= 11 is 12.3. The monoisotopic (exact) mass is 326 g/mol. The molecule has 0 saturated carbocycles. The third-order valence-corrected chi connectivity index (χ3v) is 3.65. The zero-order valence-electron chi connectivity index (χ0n) is 11.7. The van der Waals surface area contributed by atoms with Crippen molar-refractivity contribution in [1.29, 1.82) is 0 Å². The van der Waals surface area contributed by atoms with Crippen LogP contribution in [-0.2, 0) is 0 Å². The average molecular weight is 327 g/mol. The molecule has 3 N–H and O–H groups in total. The van der Waals surface area contributed by atoms with Crippen molar-refractivity contribution in [3.63, 3.8) is 0 Å². The highest BCUT2D eigenvalue weighted by molar-refractivity contribution is 6.32. The molecule has 0 bridgehead atoms. The summed E-state index contributed by atoms with van der Waals surface area (Å²) in [6.07, 6.45) is 0. The maximum Gasteiger partial charge on any atom is 0.179 e. The molecule has 6 heteroatoms. The molecule has 0 spiro atoms. The summed E-state index contributed by atoms with van der Waals surface area (Å²) in [6, 6.07) is 10.8. The first-order chi connectivity index (χ1) is 10.1. The molecular weight excluding hydrogens is 311 g/mol. The standard InChI is InChI=1S/C15H16Cl2N2O2/c1-20-13-8-10(7-12(17)15(13)21-2)14(19-18)9-4-3-5-11(16)6-9/h3-8,14,19H,18H2,1-2H3. The predicted octanol–water partition coefficient (Wildman–Crippen LogP) is 3.56. The average Bonchev–Trinajstić information content (AvgIpc) is 2.47. The Morgan fingerprint density at radius 3 is 2.38 bits per heavy atom. The Labute approximate surface area is 133 Å². The second kappa shape index (κ2) is 7.00. The van der Waals surface area contributed by atoms with Gasteiger partial charge in [-0.05, 0) is 35.4 Å². The minimum absolute atomic E-state index is 0.263. The summed E-state index contributed by atoms with van der Waals surface area (Å²) in [7, 11) is 3.10. The van der Waals surface area contributed by atoms with Crippen molar-refractivity contribution in [2.75, 3.05) is 14.2 Å². The van der Waals surface area contributed by atoms with E-state index in [-0.39, 0.29) is 6.04 Å². The molecule has 0 heterocycles. The van der Waals surface area contributed by atoms with E-state index >= 15 is 0 Å². The second-order valence-electron chi connectivity index (χ2n) is 4.39. The van der Waals surface area contributed by atoms with Crippen molar-refractivity contribution in [2.45, 2.75) is 6.04 Å². The van der Waals surface area contributed by atoms with Crippen LogP contribution in [0.25, 0.3) is 0 Å². The van der Waals surface area contributed by atoms with Gasteiger partial charge in [-0.25, -0.2) is 5.43 Å². The lowest BCUT2D eigenvalue weighted by atomic mass is 9.99. The fourth-order valence-corrected chi connectivity index (χ4v) is 2.67. The van der Waals surface area contributed by atoms with E-state index in [0.29, 0.717) is 21.5 Å². The summed E-state index contributed by atoms with van der Waals surface area (Å²) in [5.74, 6) is 6.73. The SMILES string of the molecule is COc1cc(C(NN)c2cccc(Cl)c2)cc(Cl)c1OC. The number of nitrogens with one attached hydrogen (secondary N) is 1. The number of hydrogen-bond acceptors (Lipinski definition) is 4. The fourth-order valence-electron chi connectivity index (χ4n) is 2.18. The maximum absolute atomic E-state index is 6.23. The van der Waals surface area contributed by atoms with Gasteiger partial charge in [-0.1, -0.05) is 35.3 Å². The van der Waals surface area contributed by atoms with Gasteiger partial charge in [-0.3, -0.25) is 5.84 Å². The fraction of sp³-hybridized carbons (Fsp3) is 0.200. The summed E-state index contributed by atoms with van der Waals surface area (Å²) in [5, 5.41) is 1.09. The van der Waals surface area contributed by atoms with Crippen molar-refractivity contribution in [1.82, 2.24) is 5.43 Å². The number of halogens is 2. The number of rotatable bonds is 5. The zero-order chi connectivity index (χ0) is 15.4. The van der Waals surface area contributed by atoms with Crippen molar-refractivity contribution >= 4 is 23.2 Å². The third-order valence-electron chi connectivity index (χ3n) is 3.14. The first kappa shape index (κ1) is 15.9. The summed E-state index contributed by atoms with van der Waals surface area (Å²) in [6.45, 7) is 0. The van der Waals surface area contributed by atoms with Gasteiger partial charge in [-0.2, -0.15) is 0 Å². The molecule has 2 aromatic carbocycles. The van der Waals surface area contributed by atoms with E-state index in [2.05, 4.69) is 5.43 Å². The van der Waals surface area contributed by atoms with Crippen LogP contribution >= 0.6 is 23.2 Å². The Balaban J connectivity index is 2.50. The van der Waals surface area contributed by atoms with E-state index < -0.39 is 0 Å². The molecular formula is C15H16Cl2N2O2. The Morgan fingerprint density at radius 1 is 1.05 bits per heavy atom. The van der Waals surface area contributed by atoms with Crippen molar-refractivity contribution in [2.24, 2.45) is 5.84 Å². The van der Waals surface area contributed by atoms with Gasteiger partial charge < -0.3 is 9.47 Å². The minimum atomic E-state index is -0.263. The quantitative estimate of drug-likeness (QED) is 0.651. The molecule has 0 aliphatic carbocycles. The van der Waals surface area contributed by atoms with Crippen molar-refractivity contribution in [3.05, 3.63) is 57.6 Å². The molecule has 0 aromatic heterocycles. The molecule has 1 atom stereocenters. The minimum Gasteiger partial charge on any atom is -0.493 e. The number of nitrogens with two attached hydrogens (primary N) is 1. The Hall–Kier alpha value is -1.46. The third kappa shape index (κ3) is 3.41. The van der Waals surface area contributed by atoms with Crippen LogP contribution in [0.5, 0.6) is 11.5 Å². The number of benzene rings is 2. The maximum atomic E-state index is 6.23. The molecule has 2 rings (SSSR count). The lowest BCUT2D eigenvalue weighted by Crippen LogP contribution is -2.28. The van der Waals surface area contributed by atoms with Crippen LogP contribution in [0.15, 0.2) is 36.4 Å². The Kier molecular flexibility index (Phi) is 5.31. The van der Waals surface area contributed by atoms with Crippen LogP contribution in [0, 0.1) is 0 Å². The van der Waals surface area contributed by atoms with Crippen LogP contribution in [0.4, 0.5) is 0 Å². The number of hydrazine groups is 1. The van der Waals surface area contributed by atoms with Crippen LogP contribution in [0.2, 0.25) is 10.0 Å². The van der Waals surface area contributed by atoms with Gasteiger partial charge in [-0.15, -0.1) is 0 Å². The summed E-state index contributed by atoms with van der Waals surface area (Å²) in [5.41, 5.74) is 4.54.